The van der Waals surface area contributed by atoms with Gasteiger partial charge in [-0.25, -0.2) is 8.42 Å². The Kier molecular flexibility index (Phi) is 6.53. The summed E-state index contributed by atoms with van der Waals surface area (Å²) in [7, 11) is -2.38. The predicted molar refractivity (Wildman–Crippen MR) is 131 cm³/mol. The Morgan fingerprint density at radius 3 is 2.45 bits per heavy atom. The lowest BCUT2D eigenvalue weighted by Crippen LogP contribution is -2.48. The molecule has 0 spiro atoms. The number of rotatable bonds is 7. The molecule has 1 aromatic heterocycles. The minimum atomic E-state index is -4.04. The standard InChI is InChI=1S/C26H25N3O3S/c1-19-9-6-14-22(17-19)29(2)26(30)23(18-20-10-4-3-5-11-20)28-33(31,32)24-15-7-12-21-13-8-16-27-25(21)24/h3-17,23,28H,18H2,1-2H3/t23-/m1/s1. The average Bonchev–Trinajstić information content (AvgIpc) is 2.83. The van der Waals surface area contributed by atoms with E-state index < -0.39 is 16.1 Å². The van der Waals surface area contributed by atoms with Crippen molar-refractivity contribution in [2.45, 2.75) is 24.3 Å². The van der Waals surface area contributed by atoms with Gasteiger partial charge in [0.1, 0.15) is 10.9 Å². The third kappa shape index (κ3) is 5.10. The number of aryl methyl sites for hydroxylation is 1. The van der Waals surface area contributed by atoms with E-state index in [1.165, 1.54) is 11.0 Å². The molecule has 0 aliphatic carbocycles. The summed E-state index contributed by atoms with van der Waals surface area (Å²) in [5.41, 5.74) is 2.93. The van der Waals surface area contributed by atoms with Gasteiger partial charge < -0.3 is 4.90 Å². The summed E-state index contributed by atoms with van der Waals surface area (Å²) in [6, 6.07) is 24.4. The van der Waals surface area contributed by atoms with E-state index in [2.05, 4.69) is 9.71 Å². The lowest BCUT2D eigenvalue weighted by atomic mass is 10.1. The molecule has 6 nitrogen and oxygen atoms in total. The first-order chi connectivity index (χ1) is 15.8. The van der Waals surface area contributed by atoms with E-state index in [1.54, 1.807) is 37.5 Å². The lowest BCUT2D eigenvalue weighted by Gasteiger charge is -2.25. The molecular formula is C26H25N3O3S. The fourth-order valence-electron chi connectivity index (χ4n) is 3.77. The molecule has 168 valence electrons. The van der Waals surface area contributed by atoms with E-state index in [0.717, 1.165) is 11.1 Å². The number of pyridine rings is 1. The van der Waals surface area contributed by atoms with E-state index in [4.69, 9.17) is 0 Å². The van der Waals surface area contributed by atoms with Crippen LogP contribution in [0.25, 0.3) is 10.9 Å². The second-order valence-corrected chi connectivity index (χ2v) is 9.61. The zero-order valence-corrected chi connectivity index (χ0v) is 19.3. The highest BCUT2D eigenvalue weighted by molar-refractivity contribution is 7.89. The maximum Gasteiger partial charge on any atom is 0.245 e. The van der Waals surface area contributed by atoms with Crippen LogP contribution in [0.4, 0.5) is 5.69 Å². The Bertz CT molecular complexity index is 1380. The minimum Gasteiger partial charge on any atom is -0.314 e. The van der Waals surface area contributed by atoms with E-state index in [1.807, 2.05) is 61.5 Å². The van der Waals surface area contributed by atoms with Gasteiger partial charge in [0.2, 0.25) is 15.9 Å². The van der Waals surface area contributed by atoms with Crippen LogP contribution < -0.4 is 9.62 Å². The van der Waals surface area contributed by atoms with Crippen LogP contribution in [0.2, 0.25) is 0 Å². The number of carbonyl (C=O) groups excluding carboxylic acids is 1. The minimum absolute atomic E-state index is 0.0460. The first-order valence-electron chi connectivity index (χ1n) is 10.6. The highest BCUT2D eigenvalue weighted by atomic mass is 32.2. The summed E-state index contributed by atoms with van der Waals surface area (Å²) in [5, 5.41) is 0.711. The van der Waals surface area contributed by atoms with Crippen LogP contribution in [0.5, 0.6) is 0 Å². The normalized spacial score (nSPS) is 12.4. The van der Waals surface area contributed by atoms with E-state index in [-0.39, 0.29) is 17.2 Å². The van der Waals surface area contributed by atoms with Gasteiger partial charge in [0.15, 0.2) is 0 Å². The number of sulfonamides is 1. The Morgan fingerprint density at radius 1 is 0.970 bits per heavy atom. The summed E-state index contributed by atoms with van der Waals surface area (Å²) in [5.74, 6) is -0.346. The van der Waals surface area contributed by atoms with Crippen LogP contribution in [-0.4, -0.2) is 32.4 Å². The van der Waals surface area contributed by atoms with Crippen molar-refractivity contribution in [3.8, 4) is 0 Å². The summed E-state index contributed by atoms with van der Waals surface area (Å²) in [6.45, 7) is 1.94. The highest BCUT2D eigenvalue weighted by Gasteiger charge is 2.30. The van der Waals surface area contributed by atoms with Gasteiger partial charge in [-0.3, -0.25) is 9.78 Å². The second kappa shape index (κ2) is 9.52. The van der Waals surface area contributed by atoms with Crippen LogP contribution in [0.3, 0.4) is 0 Å². The van der Waals surface area contributed by atoms with Crippen molar-refractivity contribution in [2.75, 3.05) is 11.9 Å². The number of hydrogen-bond donors (Lipinski definition) is 1. The molecule has 4 rings (SSSR count). The number of likely N-dealkylation sites (N-methyl/N-ethyl adjacent to an activating group) is 1. The molecule has 0 saturated heterocycles. The number of nitrogens with one attached hydrogen (secondary N) is 1. The number of benzene rings is 3. The van der Waals surface area contributed by atoms with Crippen LogP contribution in [-0.2, 0) is 21.2 Å². The summed E-state index contributed by atoms with van der Waals surface area (Å²) in [6.07, 6.45) is 1.77. The Balaban J connectivity index is 1.70. The molecule has 0 unspecified atom stereocenters. The molecule has 0 saturated carbocycles. The number of hydrogen-bond acceptors (Lipinski definition) is 4. The molecule has 7 heteroatoms. The molecule has 0 fully saturated rings. The zero-order valence-electron chi connectivity index (χ0n) is 18.5. The van der Waals surface area contributed by atoms with Crippen molar-refractivity contribution in [3.63, 3.8) is 0 Å². The SMILES string of the molecule is Cc1cccc(N(C)C(=O)[C@@H](Cc2ccccc2)NS(=O)(=O)c2cccc3cccnc23)c1. The van der Waals surface area contributed by atoms with Crippen molar-refractivity contribution in [1.29, 1.82) is 0 Å². The van der Waals surface area contributed by atoms with Crippen molar-refractivity contribution in [3.05, 3.63) is 102 Å². The molecule has 4 aromatic rings. The van der Waals surface area contributed by atoms with Gasteiger partial charge >= 0.3 is 0 Å². The Morgan fingerprint density at radius 2 is 1.70 bits per heavy atom. The van der Waals surface area contributed by atoms with E-state index in [0.29, 0.717) is 16.6 Å². The van der Waals surface area contributed by atoms with Crippen molar-refractivity contribution in [1.82, 2.24) is 9.71 Å². The molecule has 0 aliphatic heterocycles. The quantitative estimate of drug-likeness (QED) is 0.451. The van der Waals surface area contributed by atoms with Crippen LogP contribution >= 0.6 is 0 Å². The largest absolute Gasteiger partial charge is 0.314 e. The van der Waals surface area contributed by atoms with E-state index in [9.17, 15) is 13.2 Å². The summed E-state index contributed by atoms with van der Waals surface area (Å²) < 4.78 is 29.5. The van der Waals surface area contributed by atoms with E-state index >= 15 is 0 Å². The number of amides is 1. The molecule has 33 heavy (non-hydrogen) atoms. The maximum atomic E-state index is 13.5. The number of aromatic nitrogens is 1. The zero-order chi connectivity index (χ0) is 23.4. The van der Waals surface area contributed by atoms with Gasteiger partial charge in [0.25, 0.3) is 0 Å². The van der Waals surface area contributed by atoms with Gasteiger partial charge in [-0.2, -0.15) is 4.72 Å². The van der Waals surface area contributed by atoms with Gasteiger partial charge in [-0.15, -0.1) is 0 Å². The number of para-hydroxylation sites is 1. The van der Waals surface area contributed by atoms with Crippen molar-refractivity contribution >= 4 is 32.5 Å². The number of nitrogens with zero attached hydrogens (tertiary/aromatic N) is 2. The monoisotopic (exact) mass is 459 g/mol. The van der Waals surface area contributed by atoms with Crippen LogP contribution in [0.1, 0.15) is 11.1 Å². The van der Waals surface area contributed by atoms with Gasteiger partial charge in [0.05, 0.1) is 5.52 Å². The third-order valence-electron chi connectivity index (χ3n) is 5.48. The molecule has 1 N–H and O–H groups in total. The Hall–Kier alpha value is -3.55. The highest BCUT2D eigenvalue weighted by Crippen LogP contribution is 2.22. The summed E-state index contributed by atoms with van der Waals surface area (Å²) >= 11 is 0. The fraction of sp³-hybridized carbons (Fsp3) is 0.154. The summed E-state index contributed by atoms with van der Waals surface area (Å²) in [4.78, 5) is 19.3. The Labute approximate surface area is 194 Å². The van der Waals surface area contributed by atoms with Crippen molar-refractivity contribution in [2.24, 2.45) is 0 Å². The first kappa shape index (κ1) is 22.6. The van der Waals surface area contributed by atoms with Gasteiger partial charge in [0, 0.05) is 24.3 Å². The third-order valence-corrected chi connectivity index (χ3v) is 6.99. The fourth-order valence-corrected chi connectivity index (χ4v) is 5.14. The molecule has 0 bridgehead atoms. The molecule has 0 aliphatic rings. The molecular weight excluding hydrogens is 434 g/mol. The smallest absolute Gasteiger partial charge is 0.245 e. The van der Waals surface area contributed by atoms with Gasteiger partial charge in [-0.05, 0) is 48.7 Å². The average molecular weight is 460 g/mol. The van der Waals surface area contributed by atoms with Gasteiger partial charge in [-0.1, -0.05) is 60.7 Å². The molecule has 1 amide bonds. The second-order valence-electron chi connectivity index (χ2n) is 7.93. The van der Waals surface area contributed by atoms with Crippen molar-refractivity contribution < 1.29 is 13.2 Å². The maximum absolute atomic E-state index is 13.5. The molecule has 3 aromatic carbocycles. The lowest BCUT2D eigenvalue weighted by molar-refractivity contribution is -0.119. The number of carbonyl (C=O) groups is 1. The van der Waals surface area contributed by atoms with Crippen LogP contribution in [0.15, 0.2) is 96.0 Å². The van der Waals surface area contributed by atoms with Crippen LogP contribution in [0, 0.1) is 6.92 Å². The molecule has 1 heterocycles. The number of fused-ring (bicyclic) bond motifs is 1. The molecule has 0 radical (unpaired) electrons. The molecule has 1 atom stereocenters. The predicted octanol–water partition coefficient (Wildman–Crippen LogP) is 4.10. The number of anilines is 1. The first-order valence-corrected chi connectivity index (χ1v) is 12.1. The topological polar surface area (TPSA) is 79.4 Å².